The van der Waals surface area contributed by atoms with Gasteiger partial charge in [0.05, 0.1) is 47.7 Å². The number of piperidine rings is 1. The van der Waals surface area contributed by atoms with Crippen molar-refractivity contribution in [3.63, 3.8) is 0 Å². The van der Waals surface area contributed by atoms with Crippen LogP contribution in [0.3, 0.4) is 0 Å². The van der Waals surface area contributed by atoms with Gasteiger partial charge in [-0.15, -0.1) is 0 Å². The molecule has 16 heteroatoms. The molecule has 5 aromatic rings. The van der Waals surface area contributed by atoms with Crippen molar-refractivity contribution in [2.24, 2.45) is 5.92 Å². The molecule has 0 radical (unpaired) electrons. The normalized spacial score (nSPS) is 21.5. The van der Waals surface area contributed by atoms with E-state index >= 15 is 17.6 Å². The van der Waals surface area contributed by atoms with E-state index in [1.54, 1.807) is 38.5 Å². The van der Waals surface area contributed by atoms with Crippen LogP contribution in [0.4, 0.5) is 33.6 Å². The van der Waals surface area contributed by atoms with Crippen LogP contribution in [-0.2, 0) is 19.3 Å². The molecule has 5 heterocycles. The summed E-state index contributed by atoms with van der Waals surface area (Å²) in [5.74, 6) is 0.371. The number of aryl methyl sites for hydroxylation is 1. The molecule has 0 bridgehead atoms. The number of pyridine rings is 1. The molecule has 3 fully saturated rings. The summed E-state index contributed by atoms with van der Waals surface area (Å²) in [4.78, 5) is 19.7. The van der Waals surface area contributed by atoms with Gasteiger partial charge in [0.1, 0.15) is 41.4 Å². The molecule has 2 unspecified atom stereocenters. The molecule has 2 aromatic heterocycles. The molecular formula is C46H47ClF5N7O3. The van der Waals surface area contributed by atoms with Gasteiger partial charge in [-0.3, -0.25) is 4.90 Å². The standard InChI is InChI=1S/C46H47ClF5N7O3/c1-27-18-37(57(23-29-6-10-33(60-3)11-7-29)24-30-8-12-34(61-4)13-9-30)54-42(39(27)46(50,51)52)38-36(47)20-35-41(40(38)49)55-44(56-43(35)59-17-14-31(22-53)19-28(59)2)62-26-45-15-5-16-58(45)25-32(48)21-45/h6-13,18,20,28,31-32H,5,14-17,19,21,23-26H2,1-4H3/t28?,31?,32-,45+/m1/s1. The second-order valence-corrected chi connectivity index (χ2v) is 17.0. The number of hydrogen-bond donors (Lipinski definition) is 0. The maximum Gasteiger partial charge on any atom is 0.418 e. The minimum Gasteiger partial charge on any atom is -0.497 e. The number of aromatic nitrogens is 3. The van der Waals surface area contributed by atoms with Crippen LogP contribution in [-0.4, -0.2) is 78.1 Å². The fraction of sp³-hybridized carbons (Fsp3) is 0.435. The molecule has 3 aliphatic rings. The first-order valence-corrected chi connectivity index (χ1v) is 21.1. The van der Waals surface area contributed by atoms with Crippen LogP contribution in [0.2, 0.25) is 5.02 Å². The van der Waals surface area contributed by atoms with Gasteiger partial charge in [-0.25, -0.2) is 13.8 Å². The minimum atomic E-state index is -4.96. The lowest BCUT2D eigenvalue weighted by Gasteiger charge is -2.37. The van der Waals surface area contributed by atoms with Crippen molar-refractivity contribution >= 4 is 34.1 Å². The van der Waals surface area contributed by atoms with Gasteiger partial charge in [0.25, 0.3) is 0 Å². The summed E-state index contributed by atoms with van der Waals surface area (Å²) in [5, 5.41) is 9.53. The van der Waals surface area contributed by atoms with E-state index in [-0.39, 0.29) is 77.2 Å². The number of ether oxygens (including phenoxy) is 3. The summed E-state index contributed by atoms with van der Waals surface area (Å²) < 4.78 is 95.0. The lowest BCUT2D eigenvalue weighted by Crippen LogP contribution is -2.43. The maximum atomic E-state index is 17.6. The summed E-state index contributed by atoms with van der Waals surface area (Å²) in [7, 11) is 3.11. The molecule has 326 valence electrons. The SMILES string of the molecule is COc1ccc(CN(Cc2ccc(OC)cc2)c2cc(C)c(C(F)(F)F)c(-c3c(Cl)cc4c(N5CCC(C#N)CC5C)nc(OC[C@@]56CCCN5C[C@H](F)C6)nc4c3F)n2)cc1. The van der Waals surface area contributed by atoms with E-state index in [2.05, 4.69) is 20.9 Å². The number of anilines is 2. The first-order chi connectivity index (χ1) is 29.7. The second-order valence-electron chi connectivity index (χ2n) is 16.6. The smallest absolute Gasteiger partial charge is 0.418 e. The number of hydrogen-bond acceptors (Lipinski definition) is 10. The fourth-order valence-corrected chi connectivity index (χ4v) is 9.67. The zero-order valence-electron chi connectivity index (χ0n) is 34.9. The number of halogens is 6. The van der Waals surface area contributed by atoms with E-state index in [4.69, 9.17) is 30.8 Å². The number of alkyl halides is 4. The van der Waals surface area contributed by atoms with Crippen LogP contribution in [0.25, 0.3) is 22.2 Å². The van der Waals surface area contributed by atoms with Gasteiger partial charge in [-0.1, -0.05) is 35.9 Å². The molecule has 8 rings (SSSR count). The quantitative estimate of drug-likeness (QED) is 0.113. The number of fused-ring (bicyclic) bond motifs is 2. The van der Waals surface area contributed by atoms with Crippen molar-refractivity contribution < 1.29 is 36.2 Å². The number of methoxy groups -OCH3 is 2. The Morgan fingerprint density at radius 1 is 0.968 bits per heavy atom. The third kappa shape index (κ3) is 8.51. The molecule has 3 aliphatic heterocycles. The molecule has 0 N–H and O–H groups in total. The van der Waals surface area contributed by atoms with Crippen molar-refractivity contribution in [1.29, 1.82) is 5.26 Å². The lowest BCUT2D eigenvalue weighted by atomic mass is 9.92. The second kappa shape index (κ2) is 17.4. The molecule has 0 amide bonds. The van der Waals surface area contributed by atoms with Crippen LogP contribution in [0.1, 0.15) is 61.3 Å². The van der Waals surface area contributed by atoms with Gasteiger partial charge < -0.3 is 24.0 Å². The topological polar surface area (TPSA) is 99.9 Å². The van der Waals surface area contributed by atoms with Crippen LogP contribution in [0, 0.1) is 30.0 Å². The Morgan fingerprint density at radius 2 is 1.63 bits per heavy atom. The van der Waals surface area contributed by atoms with Crippen molar-refractivity contribution in [1.82, 2.24) is 19.9 Å². The highest BCUT2D eigenvalue weighted by Gasteiger charge is 2.49. The minimum absolute atomic E-state index is 0.0474. The lowest BCUT2D eigenvalue weighted by molar-refractivity contribution is -0.137. The third-order valence-electron chi connectivity index (χ3n) is 12.5. The summed E-state index contributed by atoms with van der Waals surface area (Å²) in [5.41, 5.74) is -1.85. The molecule has 0 aliphatic carbocycles. The Balaban J connectivity index is 1.28. The van der Waals surface area contributed by atoms with Crippen molar-refractivity contribution in [3.8, 4) is 34.8 Å². The van der Waals surface area contributed by atoms with Crippen molar-refractivity contribution in [3.05, 3.63) is 93.8 Å². The maximum absolute atomic E-state index is 17.6. The molecule has 62 heavy (non-hydrogen) atoms. The molecule has 0 saturated carbocycles. The number of benzene rings is 3. The number of rotatable bonds is 12. The zero-order chi connectivity index (χ0) is 43.9. The molecular weight excluding hydrogens is 829 g/mol. The molecule has 0 spiro atoms. The third-order valence-corrected chi connectivity index (χ3v) is 12.8. The van der Waals surface area contributed by atoms with Crippen molar-refractivity contribution in [2.45, 2.75) is 83.0 Å². The van der Waals surface area contributed by atoms with E-state index in [9.17, 15) is 9.65 Å². The Morgan fingerprint density at radius 3 is 2.23 bits per heavy atom. The van der Waals surface area contributed by atoms with E-state index < -0.39 is 40.5 Å². The van der Waals surface area contributed by atoms with Gasteiger partial charge in [0.2, 0.25) is 0 Å². The predicted molar refractivity (Wildman–Crippen MR) is 227 cm³/mol. The van der Waals surface area contributed by atoms with E-state index in [0.717, 1.165) is 24.1 Å². The number of nitrogens with zero attached hydrogens (tertiary/aromatic N) is 7. The Kier molecular flexibility index (Phi) is 12.1. The van der Waals surface area contributed by atoms with E-state index in [0.29, 0.717) is 43.9 Å². The first-order valence-electron chi connectivity index (χ1n) is 20.7. The van der Waals surface area contributed by atoms with Crippen LogP contribution in [0.15, 0.2) is 60.7 Å². The van der Waals surface area contributed by atoms with E-state index in [1.807, 2.05) is 41.0 Å². The molecule has 10 nitrogen and oxygen atoms in total. The Labute approximate surface area is 362 Å². The number of nitriles is 1. The summed E-state index contributed by atoms with van der Waals surface area (Å²) in [6.07, 6.45) is -3.11. The molecule has 3 saturated heterocycles. The van der Waals surface area contributed by atoms with Gasteiger partial charge in [-0.2, -0.15) is 28.4 Å². The average Bonchev–Trinajstić information content (AvgIpc) is 3.78. The van der Waals surface area contributed by atoms with E-state index in [1.165, 1.54) is 19.1 Å². The highest BCUT2D eigenvalue weighted by atomic mass is 35.5. The monoisotopic (exact) mass is 875 g/mol. The summed E-state index contributed by atoms with van der Waals surface area (Å²) in [6.45, 7) is 5.15. The summed E-state index contributed by atoms with van der Waals surface area (Å²) >= 11 is 6.95. The van der Waals surface area contributed by atoms with Gasteiger partial charge in [0.15, 0.2) is 5.82 Å². The largest absolute Gasteiger partial charge is 0.497 e. The van der Waals surface area contributed by atoms with Crippen LogP contribution >= 0.6 is 11.6 Å². The fourth-order valence-electron chi connectivity index (χ4n) is 9.39. The first kappa shape index (κ1) is 43.2. The highest BCUT2D eigenvalue weighted by Crippen LogP contribution is 2.46. The average molecular weight is 876 g/mol. The van der Waals surface area contributed by atoms with Crippen LogP contribution < -0.4 is 24.0 Å². The molecule has 3 aromatic carbocycles. The summed E-state index contributed by atoms with van der Waals surface area (Å²) in [6, 6.07) is 19.2. The predicted octanol–water partition coefficient (Wildman–Crippen LogP) is 10.1. The highest BCUT2D eigenvalue weighted by molar-refractivity contribution is 6.34. The van der Waals surface area contributed by atoms with Gasteiger partial charge in [-0.05, 0) is 99.2 Å². The Hall–Kier alpha value is -5.46. The van der Waals surface area contributed by atoms with Crippen LogP contribution in [0.5, 0.6) is 17.5 Å². The zero-order valence-corrected chi connectivity index (χ0v) is 35.7. The van der Waals surface area contributed by atoms with Gasteiger partial charge in [0, 0.05) is 49.9 Å². The molecule has 4 atom stereocenters. The van der Waals surface area contributed by atoms with Crippen molar-refractivity contribution in [2.75, 3.05) is 50.3 Å². The van der Waals surface area contributed by atoms with Gasteiger partial charge >= 0.3 is 12.2 Å². The Bertz CT molecular complexity index is 2440.